The SMILES string of the molecule is CNC(=O)c1cc(NCCC2CCCCC2)ccn1. The normalized spacial score (nSPS) is 16.1. The summed E-state index contributed by atoms with van der Waals surface area (Å²) in [6.07, 6.45) is 9.83. The molecule has 4 nitrogen and oxygen atoms in total. The fourth-order valence-electron chi connectivity index (χ4n) is 2.69. The summed E-state index contributed by atoms with van der Waals surface area (Å²) in [6.45, 7) is 0.974. The zero-order valence-electron chi connectivity index (χ0n) is 11.6. The predicted octanol–water partition coefficient (Wildman–Crippen LogP) is 2.82. The Balaban J connectivity index is 1.80. The van der Waals surface area contributed by atoms with Crippen molar-refractivity contribution >= 4 is 11.6 Å². The molecule has 0 saturated heterocycles. The van der Waals surface area contributed by atoms with Crippen molar-refractivity contribution in [2.45, 2.75) is 38.5 Å². The van der Waals surface area contributed by atoms with Crippen LogP contribution in [0.15, 0.2) is 18.3 Å². The van der Waals surface area contributed by atoms with E-state index in [0.717, 1.165) is 18.2 Å². The largest absolute Gasteiger partial charge is 0.385 e. The molecule has 1 amide bonds. The Labute approximate surface area is 115 Å². The number of aromatic nitrogens is 1. The maximum Gasteiger partial charge on any atom is 0.269 e. The molecule has 0 aromatic carbocycles. The molecule has 19 heavy (non-hydrogen) atoms. The molecule has 0 spiro atoms. The number of rotatable bonds is 5. The van der Waals surface area contributed by atoms with Gasteiger partial charge in [-0.2, -0.15) is 0 Å². The van der Waals surface area contributed by atoms with Crippen LogP contribution in [0.5, 0.6) is 0 Å². The maximum absolute atomic E-state index is 11.5. The maximum atomic E-state index is 11.5. The third kappa shape index (κ3) is 4.23. The minimum atomic E-state index is -0.143. The van der Waals surface area contributed by atoms with E-state index < -0.39 is 0 Å². The molecule has 1 aromatic rings. The average molecular weight is 261 g/mol. The van der Waals surface area contributed by atoms with Crippen molar-refractivity contribution < 1.29 is 4.79 Å². The molecule has 2 N–H and O–H groups in total. The highest BCUT2D eigenvalue weighted by molar-refractivity contribution is 5.92. The van der Waals surface area contributed by atoms with Gasteiger partial charge in [0.15, 0.2) is 0 Å². The lowest BCUT2D eigenvalue weighted by Gasteiger charge is -2.21. The van der Waals surface area contributed by atoms with Crippen molar-refractivity contribution in [3.05, 3.63) is 24.0 Å². The molecule has 4 heteroatoms. The first-order chi connectivity index (χ1) is 9.29. The smallest absolute Gasteiger partial charge is 0.269 e. The van der Waals surface area contributed by atoms with E-state index in [9.17, 15) is 4.79 Å². The van der Waals surface area contributed by atoms with Gasteiger partial charge in [-0.15, -0.1) is 0 Å². The van der Waals surface area contributed by atoms with Crippen LogP contribution in [0.1, 0.15) is 49.0 Å². The van der Waals surface area contributed by atoms with Gasteiger partial charge in [-0.25, -0.2) is 0 Å². The van der Waals surface area contributed by atoms with Crippen LogP contribution in [0.3, 0.4) is 0 Å². The van der Waals surface area contributed by atoms with Gasteiger partial charge in [0.05, 0.1) is 0 Å². The molecule has 1 aliphatic rings. The summed E-state index contributed by atoms with van der Waals surface area (Å²) in [7, 11) is 1.62. The van der Waals surface area contributed by atoms with E-state index in [4.69, 9.17) is 0 Å². The van der Waals surface area contributed by atoms with Crippen LogP contribution in [0, 0.1) is 5.92 Å². The van der Waals surface area contributed by atoms with Crippen molar-refractivity contribution in [2.75, 3.05) is 18.9 Å². The molecule has 1 aromatic heterocycles. The quantitative estimate of drug-likeness (QED) is 0.857. The Bertz CT molecular complexity index is 414. The standard InChI is InChI=1S/C15H23N3O/c1-16-15(19)14-11-13(8-10-18-14)17-9-7-12-5-3-2-4-6-12/h8,10-12H,2-7,9H2,1H3,(H,16,19)(H,17,18). The number of hydrogen-bond acceptors (Lipinski definition) is 3. The number of nitrogens with zero attached hydrogens (tertiary/aromatic N) is 1. The monoisotopic (exact) mass is 261 g/mol. The van der Waals surface area contributed by atoms with E-state index in [2.05, 4.69) is 15.6 Å². The third-order valence-corrected chi connectivity index (χ3v) is 3.83. The minimum absolute atomic E-state index is 0.143. The van der Waals surface area contributed by atoms with Crippen LogP contribution in [-0.2, 0) is 0 Å². The fraction of sp³-hybridized carbons (Fsp3) is 0.600. The van der Waals surface area contributed by atoms with Crippen molar-refractivity contribution in [1.82, 2.24) is 10.3 Å². The highest BCUT2D eigenvalue weighted by atomic mass is 16.1. The third-order valence-electron chi connectivity index (χ3n) is 3.83. The van der Waals surface area contributed by atoms with Gasteiger partial charge in [0.1, 0.15) is 5.69 Å². The lowest BCUT2D eigenvalue weighted by Crippen LogP contribution is -2.19. The Kier molecular flexibility index (Phi) is 5.19. The lowest BCUT2D eigenvalue weighted by atomic mass is 9.87. The molecule has 1 saturated carbocycles. The second-order valence-electron chi connectivity index (χ2n) is 5.23. The Morgan fingerprint density at radius 3 is 2.89 bits per heavy atom. The summed E-state index contributed by atoms with van der Waals surface area (Å²) in [5, 5.41) is 5.98. The van der Waals surface area contributed by atoms with E-state index in [-0.39, 0.29) is 5.91 Å². The first kappa shape index (κ1) is 13.8. The van der Waals surface area contributed by atoms with Crippen molar-refractivity contribution in [2.24, 2.45) is 5.92 Å². The molecule has 0 bridgehead atoms. The number of amides is 1. The summed E-state index contributed by atoms with van der Waals surface area (Å²) < 4.78 is 0. The fourth-order valence-corrected chi connectivity index (χ4v) is 2.69. The summed E-state index contributed by atoms with van der Waals surface area (Å²) in [5.74, 6) is 0.734. The average Bonchev–Trinajstić information content (AvgIpc) is 2.48. The number of carbonyl (C=O) groups is 1. The zero-order chi connectivity index (χ0) is 13.5. The van der Waals surface area contributed by atoms with Crippen LogP contribution in [0.2, 0.25) is 0 Å². The first-order valence-electron chi connectivity index (χ1n) is 7.21. The van der Waals surface area contributed by atoms with Crippen molar-refractivity contribution in [3.8, 4) is 0 Å². The number of anilines is 1. The van der Waals surface area contributed by atoms with E-state index in [1.54, 1.807) is 19.3 Å². The Morgan fingerprint density at radius 1 is 1.37 bits per heavy atom. The number of nitrogens with one attached hydrogen (secondary N) is 2. The molecule has 1 fully saturated rings. The number of carbonyl (C=O) groups excluding carboxylic acids is 1. The topological polar surface area (TPSA) is 54.0 Å². The van der Waals surface area contributed by atoms with Gasteiger partial charge < -0.3 is 10.6 Å². The van der Waals surface area contributed by atoms with Gasteiger partial charge in [0, 0.05) is 25.5 Å². The van der Waals surface area contributed by atoms with Crippen LogP contribution >= 0.6 is 0 Å². The lowest BCUT2D eigenvalue weighted by molar-refractivity contribution is 0.0958. The Morgan fingerprint density at radius 2 is 2.16 bits per heavy atom. The molecule has 0 aliphatic heterocycles. The molecule has 0 unspecified atom stereocenters. The van der Waals surface area contributed by atoms with Gasteiger partial charge in [0.2, 0.25) is 0 Å². The molecule has 1 aliphatic carbocycles. The van der Waals surface area contributed by atoms with Crippen molar-refractivity contribution in [3.63, 3.8) is 0 Å². The highest BCUT2D eigenvalue weighted by Gasteiger charge is 2.12. The van der Waals surface area contributed by atoms with Crippen molar-refractivity contribution in [1.29, 1.82) is 0 Å². The first-order valence-corrected chi connectivity index (χ1v) is 7.21. The number of pyridine rings is 1. The molecule has 104 valence electrons. The van der Waals surface area contributed by atoms with Crippen LogP contribution in [0.25, 0.3) is 0 Å². The minimum Gasteiger partial charge on any atom is -0.385 e. The van der Waals surface area contributed by atoms with Crippen LogP contribution in [-0.4, -0.2) is 24.5 Å². The van der Waals surface area contributed by atoms with E-state index in [1.165, 1.54) is 38.5 Å². The molecule has 0 atom stereocenters. The summed E-state index contributed by atoms with van der Waals surface area (Å²) >= 11 is 0. The summed E-state index contributed by atoms with van der Waals surface area (Å²) in [5.41, 5.74) is 1.44. The highest BCUT2D eigenvalue weighted by Crippen LogP contribution is 2.26. The van der Waals surface area contributed by atoms with E-state index in [0.29, 0.717) is 5.69 Å². The second-order valence-corrected chi connectivity index (χ2v) is 5.23. The molecular weight excluding hydrogens is 238 g/mol. The van der Waals surface area contributed by atoms with Gasteiger partial charge in [-0.05, 0) is 24.5 Å². The van der Waals surface area contributed by atoms with Crippen LogP contribution < -0.4 is 10.6 Å². The second kappa shape index (κ2) is 7.12. The van der Waals surface area contributed by atoms with Gasteiger partial charge in [0.25, 0.3) is 5.91 Å². The van der Waals surface area contributed by atoms with E-state index in [1.807, 2.05) is 6.07 Å². The molecule has 0 radical (unpaired) electrons. The summed E-state index contributed by atoms with van der Waals surface area (Å²) in [4.78, 5) is 15.5. The molecule has 2 rings (SSSR count). The number of hydrogen-bond donors (Lipinski definition) is 2. The predicted molar refractivity (Wildman–Crippen MR) is 77.3 cm³/mol. The molecular formula is C15H23N3O. The summed E-state index contributed by atoms with van der Waals surface area (Å²) in [6, 6.07) is 3.72. The van der Waals surface area contributed by atoms with Gasteiger partial charge in [-0.1, -0.05) is 32.1 Å². The van der Waals surface area contributed by atoms with Gasteiger partial charge >= 0.3 is 0 Å². The Hall–Kier alpha value is -1.58. The van der Waals surface area contributed by atoms with E-state index >= 15 is 0 Å². The molecule has 1 heterocycles. The van der Waals surface area contributed by atoms with Crippen LogP contribution in [0.4, 0.5) is 5.69 Å². The zero-order valence-corrected chi connectivity index (χ0v) is 11.6. The van der Waals surface area contributed by atoms with Gasteiger partial charge in [-0.3, -0.25) is 9.78 Å².